The molecule has 14 heteroatoms. The summed E-state index contributed by atoms with van der Waals surface area (Å²) >= 11 is 1.41. The van der Waals surface area contributed by atoms with Crippen molar-refractivity contribution in [2.24, 2.45) is 22.2 Å². The van der Waals surface area contributed by atoms with E-state index in [-0.39, 0.29) is 31.9 Å². The number of nitrogens with two attached hydrogens (primary N) is 3. The highest BCUT2D eigenvalue weighted by Gasteiger charge is 2.31. The first-order valence-electron chi connectivity index (χ1n) is 9.58. The van der Waals surface area contributed by atoms with Crippen LogP contribution < -0.4 is 33.2 Å². The molecule has 4 atom stereocenters. The van der Waals surface area contributed by atoms with E-state index in [1.807, 2.05) is 0 Å². The fourth-order valence-electron chi connectivity index (χ4n) is 2.44. The Balaban J connectivity index is 5.24. The number of nitrogens with one attached hydrogen (secondary N) is 3. The minimum Gasteiger partial charge on any atom is -0.480 e. The molecule has 0 aliphatic heterocycles. The number of rotatable bonds is 15. The molecule has 4 unspecified atom stereocenters. The molecule has 11 N–H and O–H groups in total. The third kappa shape index (κ3) is 12.0. The maximum absolute atomic E-state index is 12.7. The van der Waals surface area contributed by atoms with Crippen molar-refractivity contribution in [1.82, 2.24) is 16.0 Å². The number of aliphatic carboxylic acids is 1. The van der Waals surface area contributed by atoms with Crippen LogP contribution in [0.1, 0.15) is 26.2 Å². The minimum absolute atomic E-state index is 0.118. The second-order valence-electron chi connectivity index (χ2n) is 6.68. The number of carboxylic acids is 1. The third-order valence-electron chi connectivity index (χ3n) is 4.07. The number of hydrogen-bond acceptors (Lipinski definition) is 8. The molecule has 31 heavy (non-hydrogen) atoms. The van der Waals surface area contributed by atoms with Gasteiger partial charge in [0.05, 0.1) is 12.6 Å². The van der Waals surface area contributed by atoms with E-state index in [4.69, 9.17) is 17.2 Å². The van der Waals surface area contributed by atoms with Gasteiger partial charge < -0.3 is 43.4 Å². The topological polar surface area (TPSA) is 235 Å². The predicted molar refractivity (Wildman–Crippen MR) is 117 cm³/mol. The van der Waals surface area contributed by atoms with Gasteiger partial charge in [0.2, 0.25) is 17.7 Å². The maximum atomic E-state index is 12.7. The first-order chi connectivity index (χ1) is 14.5. The largest absolute Gasteiger partial charge is 0.480 e. The number of hydrogen-bond donors (Lipinski definition) is 8. The average Bonchev–Trinajstić information content (AvgIpc) is 2.70. The van der Waals surface area contributed by atoms with Crippen LogP contribution in [0, 0.1) is 0 Å². The summed E-state index contributed by atoms with van der Waals surface area (Å²) in [4.78, 5) is 52.0. The molecule has 0 aromatic rings. The van der Waals surface area contributed by atoms with E-state index in [1.165, 1.54) is 18.7 Å². The molecule has 0 bridgehead atoms. The van der Waals surface area contributed by atoms with Crippen molar-refractivity contribution in [3.8, 4) is 0 Å². The number of thioether (sulfide) groups is 1. The molecule has 3 amide bonds. The van der Waals surface area contributed by atoms with E-state index in [1.54, 1.807) is 6.26 Å². The van der Waals surface area contributed by atoms with E-state index in [2.05, 4.69) is 20.9 Å². The summed E-state index contributed by atoms with van der Waals surface area (Å²) in [5.41, 5.74) is 15.8. The van der Waals surface area contributed by atoms with Crippen molar-refractivity contribution in [2.45, 2.75) is 50.4 Å². The number of aliphatic hydroxyl groups excluding tert-OH is 1. The Labute approximate surface area is 185 Å². The Morgan fingerprint density at radius 1 is 1.03 bits per heavy atom. The SMILES string of the molecule is CSCCC(NC(=O)C(NC(=O)C(CCCN=C(N)N)NC(=O)CN)C(C)O)C(=O)O. The molecule has 0 fully saturated rings. The normalized spacial score (nSPS) is 14.5. The smallest absolute Gasteiger partial charge is 0.326 e. The summed E-state index contributed by atoms with van der Waals surface area (Å²) < 4.78 is 0. The lowest BCUT2D eigenvalue weighted by molar-refractivity contribution is -0.143. The zero-order valence-corrected chi connectivity index (χ0v) is 18.5. The fraction of sp³-hybridized carbons (Fsp3) is 0.706. The van der Waals surface area contributed by atoms with Crippen LogP contribution in [0.15, 0.2) is 4.99 Å². The van der Waals surface area contributed by atoms with Gasteiger partial charge in [0, 0.05) is 6.54 Å². The Bertz CT molecular complexity index is 642. The number of aliphatic hydroxyl groups is 1. The molecule has 0 saturated carbocycles. The highest BCUT2D eigenvalue weighted by molar-refractivity contribution is 7.98. The maximum Gasteiger partial charge on any atom is 0.326 e. The molecule has 13 nitrogen and oxygen atoms in total. The van der Waals surface area contributed by atoms with Crippen LogP contribution in [-0.2, 0) is 19.2 Å². The molecule has 0 aromatic carbocycles. The standard InChI is InChI=1S/C17H33N7O6S/c1-9(25)13(15(28)23-11(16(29)30)5-7-31-2)24-14(27)10(22-12(26)8-18)4-3-6-21-17(19)20/h9-11,13,25H,3-8,18H2,1-2H3,(H,22,26)(H,23,28)(H,24,27)(H,29,30)(H4,19,20,21). The molecule has 0 aliphatic carbocycles. The Hall–Kier alpha value is -2.58. The van der Waals surface area contributed by atoms with Gasteiger partial charge in [-0.05, 0) is 38.2 Å². The molecule has 0 saturated heterocycles. The number of carbonyl (C=O) groups is 4. The minimum atomic E-state index is -1.43. The monoisotopic (exact) mass is 463 g/mol. The first kappa shape index (κ1) is 28.4. The summed E-state index contributed by atoms with van der Waals surface area (Å²) in [7, 11) is 0. The van der Waals surface area contributed by atoms with Crippen LogP contribution in [0.2, 0.25) is 0 Å². The van der Waals surface area contributed by atoms with Crippen molar-refractivity contribution in [3.63, 3.8) is 0 Å². The molecule has 0 heterocycles. The van der Waals surface area contributed by atoms with Crippen molar-refractivity contribution in [1.29, 1.82) is 0 Å². The lowest BCUT2D eigenvalue weighted by atomic mass is 10.1. The van der Waals surface area contributed by atoms with Gasteiger partial charge >= 0.3 is 5.97 Å². The quantitative estimate of drug-likeness (QED) is 0.0683. The number of aliphatic imine (C=N–C) groups is 1. The van der Waals surface area contributed by atoms with Crippen LogP contribution in [-0.4, -0.2) is 89.2 Å². The highest BCUT2D eigenvalue weighted by Crippen LogP contribution is 2.05. The number of guanidine groups is 1. The predicted octanol–water partition coefficient (Wildman–Crippen LogP) is -3.33. The fourth-order valence-corrected chi connectivity index (χ4v) is 2.91. The van der Waals surface area contributed by atoms with Crippen molar-refractivity contribution < 1.29 is 29.4 Å². The number of nitrogens with zero attached hydrogens (tertiary/aromatic N) is 1. The van der Waals surface area contributed by atoms with Crippen LogP contribution in [0.3, 0.4) is 0 Å². The summed E-state index contributed by atoms with van der Waals surface area (Å²) in [6.07, 6.45) is 1.10. The van der Waals surface area contributed by atoms with E-state index < -0.39 is 47.9 Å². The Kier molecular flexibility index (Phi) is 14.0. The zero-order valence-electron chi connectivity index (χ0n) is 17.7. The highest BCUT2D eigenvalue weighted by atomic mass is 32.2. The van der Waals surface area contributed by atoms with E-state index >= 15 is 0 Å². The number of carboxylic acid groups (broad SMARTS) is 1. The van der Waals surface area contributed by atoms with Crippen LogP contribution in [0.4, 0.5) is 0 Å². The lowest BCUT2D eigenvalue weighted by Gasteiger charge is -2.26. The second-order valence-corrected chi connectivity index (χ2v) is 7.67. The Morgan fingerprint density at radius 3 is 2.16 bits per heavy atom. The molecular formula is C17H33N7O6S. The molecule has 0 rings (SSSR count). The van der Waals surface area contributed by atoms with Crippen molar-refractivity contribution in [2.75, 3.05) is 25.1 Å². The van der Waals surface area contributed by atoms with Crippen LogP contribution in [0.5, 0.6) is 0 Å². The molecule has 178 valence electrons. The van der Waals surface area contributed by atoms with Gasteiger partial charge in [0.25, 0.3) is 0 Å². The van der Waals surface area contributed by atoms with Gasteiger partial charge in [0.15, 0.2) is 5.96 Å². The van der Waals surface area contributed by atoms with Gasteiger partial charge in [-0.1, -0.05) is 0 Å². The zero-order chi connectivity index (χ0) is 24.0. The summed E-state index contributed by atoms with van der Waals surface area (Å²) in [5.74, 6) is -3.06. The second kappa shape index (κ2) is 15.3. The van der Waals surface area contributed by atoms with Crippen LogP contribution >= 0.6 is 11.8 Å². The van der Waals surface area contributed by atoms with Gasteiger partial charge in [-0.15, -0.1) is 0 Å². The average molecular weight is 464 g/mol. The lowest BCUT2D eigenvalue weighted by Crippen LogP contribution is -2.59. The van der Waals surface area contributed by atoms with Gasteiger partial charge in [0.1, 0.15) is 18.1 Å². The van der Waals surface area contributed by atoms with E-state index in [0.717, 1.165) is 0 Å². The van der Waals surface area contributed by atoms with E-state index in [9.17, 15) is 29.4 Å². The number of amides is 3. The Morgan fingerprint density at radius 2 is 1.68 bits per heavy atom. The number of carbonyl (C=O) groups excluding carboxylic acids is 3. The summed E-state index contributed by atoms with van der Waals surface area (Å²) in [6.45, 7) is 1.13. The van der Waals surface area contributed by atoms with Gasteiger partial charge in [-0.2, -0.15) is 11.8 Å². The molecule has 0 radical (unpaired) electrons. The molecular weight excluding hydrogens is 430 g/mol. The summed E-state index contributed by atoms with van der Waals surface area (Å²) in [5, 5.41) is 26.3. The van der Waals surface area contributed by atoms with Gasteiger partial charge in [-0.25, -0.2) is 4.79 Å². The van der Waals surface area contributed by atoms with E-state index in [0.29, 0.717) is 12.2 Å². The van der Waals surface area contributed by atoms with Gasteiger partial charge in [-0.3, -0.25) is 19.4 Å². The molecule has 0 aliphatic rings. The third-order valence-corrected chi connectivity index (χ3v) is 4.71. The van der Waals surface area contributed by atoms with Crippen molar-refractivity contribution in [3.05, 3.63) is 0 Å². The van der Waals surface area contributed by atoms with Crippen molar-refractivity contribution >= 4 is 41.4 Å². The van der Waals surface area contributed by atoms with Crippen LogP contribution in [0.25, 0.3) is 0 Å². The summed E-state index contributed by atoms with van der Waals surface area (Å²) in [6, 6.07) is -3.67. The first-order valence-corrected chi connectivity index (χ1v) is 11.0. The molecule has 0 aromatic heterocycles. The molecule has 0 spiro atoms.